The number of unbranched alkanes of at least 4 members (excludes halogenated alkanes) is 4. The van der Waals surface area contributed by atoms with Crippen LogP contribution in [-0.4, -0.2) is 47.0 Å². The third-order valence-electron chi connectivity index (χ3n) is 6.00. The number of nitrogens with zero attached hydrogens (tertiary/aromatic N) is 4. The van der Waals surface area contributed by atoms with Crippen LogP contribution < -0.4 is 4.90 Å². The molecule has 0 unspecified atom stereocenters. The zero-order valence-corrected chi connectivity index (χ0v) is 19.2. The number of halogens is 1. The van der Waals surface area contributed by atoms with Crippen LogP contribution in [0.2, 0.25) is 0 Å². The van der Waals surface area contributed by atoms with Crippen LogP contribution in [0, 0.1) is 19.7 Å². The molecule has 1 aliphatic heterocycles. The molecule has 1 fully saturated rings. The second-order valence-corrected chi connectivity index (χ2v) is 8.50. The van der Waals surface area contributed by atoms with Crippen molar-refractivity contribution in [2.45, 2.75) is 65.7 Å². The van der Waals surface area contributed by atoms with Gasteiger partial charge in [0.15, 0.2) is 0 Å². The average Bonchev–Trinajstić information content (AvgIpc) is 2.75. The van der Waals surface area contributed by atoms with Crippen molar-refractivity contribution in [2.24, 2.45) is 0 Å². The number of amides is 1. The van der Waals surface area contributed by atoms with E-state index in [0.29, 0.717) is 12.8 Å². The number of hydrogen-bond donors (Lipinski definition) is 0. The smallest absolute Gasteiger partial charge is 0.222 e. The lowest BCUT2D eigenvalue weighted by Crippen LogP contribution is -2.49. The molecule has 3 rings (SSSR count). The van der Waals surface area contributed by atoms with E-state index in [9.17, 15) is 9.18 Å². The maximum atomic E-state index is 13.7. The first-order chi connectivity index (χ1) is 15.0. The Bertz CT molecular complexity index is 878. The van der Waals surface area contributed by atoms with Gasteiger partial charge in [-0.05, 0) is 38.0 Å². The third kappa shape index (κ3) is 6.49. The standard InChI is InChI=1S/C25H35FN4O/c1-4-5-6-7-8-12-24(31)29-13-15-30(16-14-29)25-23(19(2)27-20(3)28-25)18-21-10-9-11-22(26)17-21/h9-11,17H,4-8,12-16,18H2,1-3H3. The van der Waals surface area contributed by atoms with Gasteiger partial charge in [-0.25, -0.2) is 14.4 Å². The Morgan fingerprint density at radius 2 is 1.77 bits per heavy atom. The Morgan fingerprint density at radius 1 is 1.03 bits per heavy atom. The van der Waals surface area contributed by atoms with E-state index in [1.54, 1.807) is 12.1 Å². The van der Waals surface area contributed by atoms with E-state index in [1.165, 1.54) is 25.3 Å². The molecular formula is C25H35FN4O. The SMILES string of the molecule is CCCCCCCC(=O)N1CCN(c2nc(C)nc(C)c2Cc2cccc(F)c2)CC1. The van der Waals surface area contributed by atoms with Crippen LogP contribution in [0.1, 0.15) is 68.1 Å². The largest absolute Gasteiger partial charge is 0.353 e. The van der Waals surface area contributed by atoms with E-state index < -0.39 is 0 Å². The van der Waals surface area contributed by atoms with Crippen molar-refractivity contribution in [3.8, 4) is 0 Å². The fraction of sp³-hybridized carbons (Fsp3) is 0.560. The van der Waals surface area contributed by atoms with Crippen molar-refractivity contribution < 1.29 is 9.18 Å². The average molecular weight is 427 g/mol. The summed E-state index contributed by atoms with van der Waals surface area (Å²) >= 11 is 0. The number of anilines is 1. The quantitative estimate of drug-likeness (QED) is 0.539. The molecule has 6 heteroatoms. The number of benzene rings is 1. The highest BCUT2D eigenvalue weighted by atomic mass is 19.1. The molecule has 0 saturated carbocycles. The first-order valence-electron chi connectivity index (χ1n) is 11.6. The molecule has 1 aliphatic rings. The van der Waals surface area contributed by atoms with Gasteiger partial charge < -0.3 is 9.80 Å². The lowest BCUT2D eigenvalue weighted by Gasteiger charge is -2.36. The molecule has 1 aromatic heterocycles. The van der Waals surface area contributed by atoms with E-state index >= 15 is 0 Å². The molecule has 0 radical (unpaired) electrons. The highest BCUT2D eigenvalue weighted by Gasteiger charge is 2.24. The van der Waals surface area contributed by atoms with Crippen LogP contribution in [0.4, 0.5) is 10.2 Å². The highest BCUT2D eigenvalue weighted by molar-refractivity contribution is 5.76. The molecule has 1 saturated heterocycles. The van der Waals surface area contributed by atoms with Crippen molar-refractivity contribution in [3.63, 3.8) is 0 Å². The molecule has 168 valence electrons. The second-order valence-electron chi connectivity index (χ2n) is 8.50. The van der Waals surface area contributed by atoms with Crippen LogP contribution >= 0.6 is 0 Å². The van der Waals surface area contributed by atoms with Crippen molar-refractivity contribution in [2.75, 3.05) is 31.1 Å². The summed E-state index contributed by atoms with van der Waals surface area (Å²) in [6.07, 6.45) is 7.07. The van der Waals surface area contributed by atoms with Crippen LogP contribution in [0.5, 0.6) is 0 Å². The number of rotatable bonds is 9. The van der Waals surface area contributed by atoms with Crippen molar-refractivity contribution >= 4 is 11.7 Å². The fourth-order valence-electron chi connectivity index (χ4n) is 4.24. The second kappa shape index (κ2) is 11.2. The van der Waals surface area contributed by atoms with Gasteiger partial charge in [0.2, 0.25) is 5.91 Å². The predicted octanol–water partition coefficient (Wildman–Crippen LogP) is 4.83. The third-order valence-corrected chi connectivity index (χ3v) is 6.00. The van der Waals surface area contributed by atoms with Crippen LogP contribution in [-0.2, 0) is 11.2 Å². The molecule has 0 spiro atoms. The monoisotopic (exact) mass is 426 g/mol. The number of carbonyl (C=O) groups is 1. The summed E-state index contributed by atoms with van der Waals surface area (Å²) < 4.78 is 13.7. The van der Waals surface area contributed by atoms with Gasteiger partial charge in [-0.1, -0.05) is 44.7 Å². The first kappa shape index (κ1) is 23.2. The van der Waals surface area contributed by atoms with Gasteiger partial charge in [-0.15, -0.1) is 0 Å². The summed E-state index contributed by atoms with van der Waals surface area (Å²) in [6.45, 7) is 9.05. The van der Waals surface area contributed by atoms with Crippen LogP contribution in [0.3, 0.4) is 0 Å². The van der Waals surface area contributed by atoms with Gasteiger partial charge in [0.1, 0.15) is 17.5 Å². The van der Waals surface area contributed by atoms with E-state index in [4.69, 9.17) is 4.98 Å². The highest BCUT2D eigenvalue weighted by Crippen LogP contribution is 2.25. The minimum absolute atomic E-state index is 0.230. The number of aromatic nitrogens is 2. The summed E-state index contributed by atoms with van der Waals surface area (Å²) in [7, 11) is 0. The van der Waals surface area contributed by atoms with Gasteiger partial charge in [0.05, 0.1) is 0 Å². The van der Waals surface area contributed by atoms with E-state index in [2.05, 4.69) is 16.8 Å². The summed E-state index contributed by atoms with van der Waals surface area (Å²) in [4.78, 5) is 26.1. The Kier molecular flexibility index (Phi) is 8.38. The summed E-state index contributed by atoms with van der Waals surface area (Å²) in [5.41, 5.74) is 2.87. The van der Waals surface area contributed by atoms with Gasteiger partial charge in [0, 0.05) is 50.3 Å². The molecule has 0 bridgehead atoms. The normalized spacial score (nSPS) is 14.2. The first-order valence-corrected chi connectivity index (χ1v) is 11.6. The predicted molar refractivity (Wildman–Crippen MR) is 123 cm³/mol. The van der Waals surface area contributed by atoms with E-state index in [0.717, 1.165) is 67.5 Å². The molecule has 0 atom stereocenters. The number of hydrogen-bond acceptors (Lipinski definition) is 4. The van der Waals surface area contributed by atoms with Gasteiger partial charge in [0.25, 0.3) is 0 Å². The fourth-order valence-corrected chi connectivity index (χ4v) is 4.24. The Hall–Kier alpha value is -2.50. The Labute approximate surface area is 185 Å². The van der Waals surface area contributed by atoms with Gasteiger partial charge in [-0.2, -0.15) is 0 Å². The molecule has 2 heterocycles. The Morgan fingerprint density at radius 3 is 2.48 bits per heavy atom. The van der Waals surface area contributed by atoms with Gasteiger partial charge >= 0.3 is 0 Å². The summed E-state index contributed by atoms with van der Waals surface area (Å²) in [5.74, 6) is 1.69. The lowest BCUT2D eigenvalue weighted by molar-refractivity contribution is -0.131. The van der Waals surface area contributed by atoms with Gasteiger partial charge in [-0.3, -0.25) is 4.79 Å². The molecule has 31 heavy (non-hydrogen) atoms. The van der Waals surface area contributed by atoms with E-state index in [1.807, 2.05) is 24.8 Å². The zero-order valence-electron chi connectivity index (χ0n) is 19.2. The molecule has 1 amide bonds. The minimum Gasteiger partial charge on any atom is -0.353 e. The number of piperazine rings is 1. The Balaban J connectivity index is 1.64. The van der Waals surface area contributed by atoms with Crippen LogP contribution in [0.25, 0.3) is 0 Å². The van der Waals surface area contributed by atoms with E-state index in [-0.39, 0.29) is 11.7 Å². The lowest BCUT2D eigenvalue weighted by atomic mass is 10.0. The maximum Gasteiger partial charge on any atom is 0.222 e. The van der Waals surface area contributed by atoms with Crippen molar-refractivity contribution in [1.82, 2.24) is 14.9 Å². The minimum atomic E-state index is -0.230. The maximum absolute atomic E-state index is 13.7. The molecule has 5 nitrogen and oxygen atoms in total. The van der Waals surface area contributed by atoms with Crippen molar-refractivity contribution in [3.05, 3.63) is 52.7 Å². The van der Waals surface area contributed by atoms with Crippen LogP contribution in [0.15, 0.2) is 24.3 Å². The molecule has 0 N–H and O–H groups in total. The molecular weight excluding hydrogens is 391 g/mol. The number of carbonyl (C=O) groups excluding carboxylic acids is 1. The topological polar surface area (TPSA) is 49.3 Å². The van der Waals surface area contributed by atoms with Crippen molar-refractivity contribution in [1.29, 1.82) is 0 Å². The zero-order chi connectivity index (χ0) is 22.2. The summed E-state index contributed by atoms with van der Waals surface area (Å²) in [5, 5.41) is 0. The molecule has 1 aromatic carbocycles. The summed E-state index contributed by atoms with van der Waals surface area (Å²) in [6, 6.07) is 6.70. The molecule has 2 aromatic rings. The molecule has 0 aliphatic carbocycles. The number of aryl methyl sites for hydroxylation is 2.